The zero-order valence-electron chi connectivity index (χ0n) is 7.20. The molecule has 0 bridgehead atoms. The molecule has 1 amide bonds. The normalized spacial score (nSPS) is 11.3. The number of halogens is 1. The lowest BCUT2D eigenvalue weighted by Crippen LogP contribution is -2.51. The molecule has 0 aromatic rings. The van der Waals surface area contributed by atoms with Gasteiger partial charge in [0.05, 0.1) is 5.54 Å². The van der Waals surface area contributed by atoms with Gasteiger partial charge in [0, 0.05) is 6.54 Å². The minimum absolute atomic E-state index is 0.0872. The second-order valence-electron chi connectivity index (χ2n) is 2.82. The minimum Gasteiger partial charge on any atom is -0.352 e. The summed E-state index contributed by atoms with van der Waals surface area (Å²) in [4.78, 5) is 11.1. The molecule has 0 fully saturated rings. The maximum absolute atomic E-state index is 11.6. The predicted octanol–water partition coefficient (Wildman–Crippen LogP) is 0.0701. The van der Waals surface area contributed by atoms with Crippen LogP contribution in [0, 0.1) is 0 Å². The van der Waals surface area contributed by atoms with Gasteiger partial charge in [0.25, 0.3) is 0 Å². The average molecular weight is 162 g/mol. The summed E-state index contributed by atoms with van der Waals surface area (Å²) in [6.45, 7) is 3.04. The number of nitrogens with one attached hydrogen (secondary N) is 2. The summed E-state index contributed by atoms with van der Waals surface area (Å²) in [5.41, 5.74) is -0.616. The van der Waals surface area contributed by atoms with E-state index in [9.17, 15) is 9.18 Å². The fourth-order valence-electron chi connectivity index (χ4n) is 0.495. The van der Waals surface area contributed by atoms with Crippen molar-refractivity contribution in [3.05, 3.63) is 0 Å². The van der Waals surface area contributed by atoms with Gasteiger partial charge in [-0.1, -0.05) is 0 Å². The lowest BCUT2D eigenvalue weighted by molar-refractivity contribution is -0.126. The van der Waals surface area contributed by atoms with E-state index in [0.29, 0.717) is 0 Å². The van der Waals surface area contributed by atoms with Gasteiger partial charge in [-0.25, -0.2) is 4.39 Å². The molecule has 0 saturated carbocycles. The molecule has 0 heterocycles. The molecule has 0 aliphatic rings. The van der Waals surface area contributed by atoms with Gasteiger partial charge < -0.3 is 10.6 Å². The molecule has 0 rings (SSSR count). The Morgan fingerprint density at radius 2 is 2.09 bits per heavy atom. The van der Waals surface area contributed by atoms with Crippen LogP contribution in [0.5, 0.6) is 0 Å². The Balaban J connectivity index is 3.82. The highest BCUT2D eigenvalue weighted by Gasteiger charge is 2.24. The quantitative estimate of drug-likeness (QED) is 0.614. The molecule has 0 aromatic heterocycles. The number of alkyl halides is 1. The lowest BCUT2D eigenvalue weighted by Gasteiger charge is -2.22. The number of hydrogen-bond donors (Lipinski definition) is 2. The second-order valence-corrected chi connectivity index (χ2v) is 2.82. The molecule has 2 N–H and O–H groups in total. The van der Waals surface area contributed by atoms with E-state index in [4.69, 9.17) is 0 Å². The summed E-state index contributed by atoms with van der Waals surface area (Å²) in [5, 5.41) is 5.26. The van der Waals surface area contributed by atoms with Crippen molar-refractivity contribution in [2.24, 2.45) is 0 Å². The molecular formula is C7H15FN2O. The molecule has 0 spiro atoms. The molecule has 0 aliphatic heterocycles. The first-order valence-corrected chi connectivity index (χ1v) is 3.57. The van der Waals surface area contributed by atoms with Gasteiger partial charge in [0.1, 0.15) is 6.67 Å². The molecular weight excluding hydrogens is 147 g/mol. The number of carbonyl (C=O) groups is 1. The summed E-state index contributed by atoms with van der Waals surface area (Å²) < 4.78 is 11.6. The van der Waals surface area contributed by atoms with Crippen molar-refractivity contribution in [1.29, 1.82) is 0 Å². The van der Waals surface area contributed by atoms with Crippen LogP contribution >= 0.6 is 0 Å². The van der Waals surface area contributed by atoms with E-state index in [1.54, 1.807) is 20.9 Å². The van der Waals surface area contributed by atoms with E-state index >= 15 is 0 Å². The van der Waals surface area contributed by atoms with Gasteiger partial charge in [0.2, 0.25) is 5.91 Å². The Labute approximate surface area is 66.4 Å². The largest absolute Gasteiger partial charge is 0.352 e. The Morgan fingerprint density at radius 3 is 2.45 bits per heavy atom. The van der Waals surface area contributed by atoms with E-state index in [1.807, 2.05) is 0 Å². The van der Waals surface area contributed by atoms with Crippen LogP contribution in [0.3, 0.4) is 0 Å². The molecule has 0 aromatic carbocycles. The van der Waals surface area contributed by atoms with Crippen LogP contribution in [0.2, 0.25) is 0 Å². The van der Waals surface area contributed by atoms with Gasteiger partial charge in [0.15, 0.2) is 0 Å². The molecule has 0 atom stereocenters. The van der Waals surface area contributed by atoms with E-state index in [-0.39, 0.29) is 12.5 Å². The smallest absolute Gasteiger partial charge is 0.239 e. The highest BCUT2D eigenvalue weighted by atomic mass is 19.1. The third kappa shape index (κ3) is 3.32. The molecule has 4 heteroatoms. The van der Waals surface area contributed by atoms with E-state index in [2.05, 4.69) is 10.6 Å². The molecule has 3 nitrogen and oxygen atoms in total. The maximum atomic E-state index is 11.6. The van der Waals surface area contributed by atoms with Crippen molar-refractivity contribution in [3.63, 3.8) is 0 Å². The summed E-state index contributed by atoms with van der Waals surface area (Å²) in [6.07, 6.45) is 0. The van der Waals surface area contributed by atoms with Crippen molar-refractivity contribution < 1.29 is 9.18 Å². The average Bonchev–Trinajstić information content (AvgIpc) is 2.00. The van der Waals surface area contributed by atoms with Crippen LogP contribution in [-0.2, 0) is 4.79 Å². The van der Waals surface area contributed by atoms with Crippen molar-refractivity contribution in [2.75, 3.05) is 20.3 Å². The van der Waals surface area contributed by atoms with E-state index in [1.165, 1.54) is 0 Å². The van der Waals surface area contributed by atoms with Crippen LogP contribution in [-0.4, -0.2) is 31.7 Å². The molecule has 0 radical (unpaired) electrons. The summed E-state index contributed by atoms with van der Waals surface area (Å²) in [7, 11) is 1.69. The van der Waals surface area contributed by atoms with Crippen molar-refractivity contribution in [1.82, 2.24) is 10.6 Å². The van der Waals surface area contributed by atoms with E-state index < -0.39 is 12.2 Å². The number of carbonyl (C=O) groups excluding carboxylic acids is 1. The van der Waals surface area contributed by atoms with Crippen LogP contribution in [0.15, 0.2) is 0 Å². The molecule has 66 valence electrons. The van der Waals surface area contributed by atoms with Crippen LogP contribution in [0.4, 0.5) is 4.39 Å². The number of likely N-dealkylation sites (N-methyl/N-ethyl adjacent to an activating group) is 1. The molecule has 0 saturated heterocycles. The van der Waals surface area contributed by atoms with Crippen molar-refractivity contribution in [3.8, 4) is 0 Å². The first kappa shape index (κ1) is 10.4. The van der Waals surface area contributed by atoms with Gasteiger partial charge >= 0.3 is 0 Å². The van der Waals surface area contributed by atoms with Crippen molar-refractivity contribution in [2.45, 2.75) is 19.4 Å². The highest BCUT2D eigenvalue weighted by molar-refractivity contribution is 5.85. The van der Waals surface area contributed by atoms with Crippen LogP contribution < -0.4 is 10.6 Å². The highest BCUT2D eigenvalue weighted by Crippen LogP contribution is 1.99. The van der Waals surface area contributed by atoms with Gasteiger partial charge in [-0.2, -0.15) is 0 Å². The topological polar surface area (TPSA) is 41.1 Å². The predicted molar refractivity (Wildman–Crippen MR) is 42.1 cm³/mol. The zero-order valence-corrected chi connectivity index (χ0v) is 7.20. The van der Waals surface area contributed by atoms with E-state index in [0.717, 1.165) is 0 Å². The third-order valence-electron chi connectivity index (χ3n) is 1.57. The SMILES string of the molecule is CNC(C)(C)C(=O)NCCF. The summed E-state index contributed by atoms with van der Waals surface area (Å²) in [5.74, 6) is -0.183. The second kappa shape index (κ2) is 4.28. The molecule has 11 heavy (non-hydrogen) atoms. The van der Waals surface area contributed by atoms with Gasteiger partial charge in [-0.05, 0) is 20.9 Å². The zero-order chi connectivity index (χ0) is 8.91. The number of hydrogen-bond acceptors (Lipinski definition) is 2. The fraction of sp³-hybridized carbons (Fsp3) is 0.857. The summed E-state index contributed by atoms with van der Waals surface area (Å²) in [6, 6.07) is 0. The molecule has 0 aliphatic carbocycles. The van der Waals surface area contributed by atoms with Gasteiger partial charge in [-0.3, -0.25) is 4.79 Å². The minimum atomic E-state index is -0.616. The Morgan fingerprint density at radius 1 is 1.55 bits per heavy atom. The Hall–Kier alpha value is -0.640. The fourth-order valence-corrected chi connectivity index (χ4v) is 0.495. The monoisotopic (exact) mass is 162 g/mol. The number of rotatable bonds is 4. The summed E-state index contributed by atoms with van der Waals surface area (Å²) >= 11 is 0. The third-order valence-corrected chi connectivity index (χ3v) is 1.57. The number of amides is 1. The first-order chi connectivity index (χ1) is 5.04. The molecule has 0 unspecified atom stereocenters. The Kier molecular flexibility index (Phi) is 4.03. The van der Waals surface area contributed by atoms with Gasteiger partial charge in [-0.15, -0.1) is 0 Å². The Bertz CT molecular complexity index is 136. The maximum Gasteiger partial charge on any atom is 0.239 e. The standard InChI is InChI=1S/C7H15FN2O/c1-7(2,9-3)6(11)10-5-4-8/h9H,4-5H2,1-3H3,(H,10,11). The van der Waals surface area contributed by atoms with Crippen LogP contribution in [0.1, 0.15) is 13.8 Å². The van der Waals surface area contributed by atoms with Crippen molar-refractivity contribution >= 4 is 5.91 Å². The lowest BCUT2D eigenvalue weighted by atomic mass is 10.1. The van der Waals surface area contributed by atoms with Crippen LogP contribution in [0.25, 0.3) is 0 Å². The first-order valence-electron chi connectivity index (χ1n) is 3.57.